The van der Waals surface area contributed by atoms with Crippen molar-refractivity contribution in [1.29, 1.82) is 0 Å². The van der Waals surface area contributed by atoms with Crippen LogP contribution in [0.4, 0.5) is 0 Å². The van der Waals surface area contributed by atoms with Gasteiger partial charge in [-0.05, 0) is 12.8 Å². The number of unbranched alkanes of at least 4 members (excludes halogenated alkanes) is 2. The van der Waals surface area contributed by atoms with Crippen LogP contribution in [0.15, 0.2) is 0 Å². The molecule has 1 atom stereocenters. The van der Waals surface area contributed by atoms with E-state index in [9.17, 15) is 9.59 Å². The van der Waals surface area contributed by atoms with Crippen LogP contribution in [-0.2, 0) is 9.59 Å². The average Bonchev–Trinajstić information content (AvgIpc) is 2.31. The van der Waals surface area contributed by atoms with Gasteiger partial charge in [0.05, 0.1) is 0 Å². The van der Waals surface area contributed by atoms with E-state index in [1.807, 2.05) is 6.92 Å². The molecule has 6 heteroatoms. The first-order valence-corrected chi connectivity index (χ1v) is 9.34. The van der Waals surface area contributed by atoms with Gasteiger partial charge in [-0.2, -0.15) is 0 Å². The van der Waals surface area contributed by atoms with Gasteiger partial charge in [0, 0.05) is 29.4 Å². The lowest BCUT2D eigenvalue weighted by atomic mass is 10.2. The molecule has 0 radical (unpaired) electrons. The fourth-order valence-corrected chi connectivity index (χ4v) is 4.01. The molecule has 0 rings (SSSR count). The molecule has 2 N–H and O–H groups in total. The van der Waals surface area contributed by atoms with Gasteiger partial charge in [-0.15, -0.1) is 0 Å². The van der Waals surface area contributed by atoms with Crippen molar-refractivity contribution in [3.63, 3.8) is 0 Å². The van der Waals surface area contributed by atoms with Crippen LogP contribution in [0.2, 0.25) is 0 Å². The maximum atomic E-state index is 11.8. The fraction of sp³-hybridized carbons (Fsp3) is 0.857. The quantitative estimate of drug-likeness (QED) is 0.476. The number of hydrogen-bond donors (Lipinski definition) is 2. The first-order valence-electron chi connectivity index (χ1n) is 7.02. The monoisotopic (exact) mass is 321 g/mol. The zero-order valence-electron chi connectivity index (χ0n) is 12.9. The van der Waals surface area contributed by atoms with Crippen molar-refractivity contribution < 1.29 is 14.7 Å². The van der Waals surface area contributed by atoms with E-state index in [-0.39, 0.29) is 23.0 Å². The Morgan fingerprint density at radius 3 is 2.40 bits per heavy atom. The predicted molar refractivity (Wildman–Crippen MR) is 88.1 cm³/mol. The van der Waals surface area contributed by atoms with Crippen molar-refractivity contribution in [2.75, 3.05) is 12.3 Å². The lowest BCUT2D eigenvalue weighted by Crippen LogP contribution is -2.31. The third-order valence-electron chi connectivity index (χ3n) is 2.44. The number of amides is 1. The van der Waals surface area contributed by atoms with E-state index in [0.717, 1.165) is 18.6 Å². The molecule has 20 heavy (non-hydrogen) atoms. The number of carbonyl (C=O) groups is 2. The highest BCUT2D eigenvalue weighted by Gasteiger charge is 2.16. The van der Waals surface area contributed by atoms with Crippen molar-refractivity contribution in [3.8, 4) is 0 Å². The molecular formula is C14H27NO3S2. The molecule has 0 bridgehead atoms. The molecule has 0 aromatic rings. The van der Waals surface area contributed by atoms with Gasteiger partial charge >= 0.3 is 5.97 Å². The Hall–Kier alpha value is -0.360. The second kappa shape index (κ2) is 10.4. The van der Waals surface area contributed by atoms with Crippen LogP contribution in [-0.4, -0.2) is 34.0 Å². The van der Waals surface area contributed by atoms with Gasteiger partial charge < -0.3 is 10.4 Å². The molecule has 0 aliphatic rings. The average molecular weight is 322 g/mol. The standard InChI is InChI=1S/C14H27NO3S2/c1-11(10-19-20-14(2,3)4)13(18)15-9-7-5-6-8-12(16)17/h11H,5-10H2,1-4H3,(H,15,18)(H,16,17). The van der Waals surface area contributed by atoms with E-state index in [4.69, 9.17) is 5.11 Å². The lowest BCUT2D eigenvalue weighted by molar-refractivity contribution is -0.137. The van der Waals surface area contributed by atoms with Gasteiger partial charge in [0.15, 0.2) is 0 Å². The molecule has 0 aliphatic carbocycles. The highest BCUT2D eigenvalue weighted by atomic mass is 33.1. The Morgan fingerprint density at radius 2 is 1.85 bits per heavy atom. The van der Waals surface area contributed by atoms with Gasteiger partial charge in [-0.25, -0.2) is 0 Å². The minimum atomic E-state index is -0.754. The minimum absolute atomic E-state index is 0.00821. The van der Waals surface area contributed by atoms with Gasteiger partial charge in [-0.3, -0.25) is 9.59 Å². The van der Waals surface area contributed by atoms with Crippen LogP contribution in [0.1, 0.15) is 53.4 Å². The van der Waals surface area contributed by atoms with E-state index in [1.165, 1.54) is 0 Å². The fourth-order valence-electron chi connectivity index (χ4n) is 1.35. The van der Waals surface area contributed by atoms with Crippen LogP contribution < -0.4 is 5.32 Å². The van der Waals surface area contributed by atoms with Crippen molar-refractivity contribution in [1.82, 2.24) is 5.32 Å². The summed E-state index contributed by atoms with van der Waals surface area (Å²) in [5, 5.41) is 11.4. The van der Waals surface area contributed by atoms with E-state index >= 15 is 0 Å². The summed E-state index contributed by atoms with van der Waals surface area (Å²) < 4.78 is 0.213. The number of carboxylic acid groups (broad SMARTS) is 1. The Kier molecular flexibility index (Phi) is 10.2. The van der Waals surface area contributed by atoms with E-state index in [1.54, 1.807) is 21.6 Å². The number of rotatable bonds is 10. The Balaban J connectivity index is 3.58. The molecule has 1 amide bonds. The zero-order chi connectivity index (χ0) is 15.6. The first kappa shape index (κ1) is 19.6. The highest BCUT2D eigenvalue weighted by Crippen LogP contribution is 2.35. The van der Waals surface area contributed by atoms with Crippen LogP contribution in [0.3, 0.4) is 0 Å². The van der Waals surface area contributed by atoms with Crippen LogP contribution in [0.5, 0.6) is 0 Å². The molecule has 0 saturated carbocycles. The van der Waals surface area contributed by atoms with E-state index in [0.29, 0.717) is 13.0 Å². The smallest absolute Gasteiger partial charge is 0.303 e. The number of nitrogens with one attached hydrogen (secondary N) is 1. The predicted octanol–water partition coefficient (Wildman–Crippen LogP) is 3.56. The SMILES string of the molecule is CC(CSSC(C)(C)C)C(=O)NCCCCCC(=O)O. The summed E-state index contributed by atoms with van der Waals surface area (Å²) in [6, 6.07) is 0. The normalized spacial score (nSPS) is 13.0. The number of carbonyl (C=O) groups excluding carboxylic acids is 1. The second-order valence-corrected chi connectivity index (χ2v) is 9.04. The molecule has 118 valence electrons. The number of aliphatic carboxylic acids is 1. The van der Waals surface area contributed by atoms with Crippen molar-refractivity contribution in [3.05, 3.63) is 0 Å². The van der Waals surface area contributed by atoms with Gasteiger partial charge in [-0.1, -0.05) is 55.7 Å². The molecule has 0 heterocycles. The van der Waals surface area contributed by atoms with Crippen molar-refractivity contribution in [2.24, 2.45) is 5.92 Å². The third kappa shape index (κ3) is 12.7. The van der Waals surface area contributed by atoms with Gasteiger partial charge in [0.2, 0.25) is 5.91 Å². The van der Waals surface area contributed by atoms with E-state index < -0.39 is 5.97 Å². The molecule has 0 spiro atoms. The topological polar surface area (TPSA) is 66.4 Å². The molecular weight excluding hydrogens is 294 g/mol. The van der Waals surface area contributed by atoms with Gasteiger partial charge in [0.25, 0.3) is 0 Å². The summed E-state index contributed by atoms with van der Waals surface area (Å²) in [5.74, 6) is 0.155. The third-order valence-corrected chi connectivity index (χ3v) is 5.96. The molecule has 1 unspecified atom stereocenters. The zero-order valence-corrected chi connectivity index (χ0v) is 14.5. The maximum absolute atomic E-state index is 11.8. The first-order chi connectivity index (χ1) is 9.22. The number of hydrogen-bond acceptors (Lipinski definition) is 4. The van der Waals surface area contributed by atoms with E-state index in [2.05, 4.69) is 26.1 Å². The van der Waals surface area contributed by atoms with Gasteiger partial charge in [0.1, 0.15) is 0 Å². The van der Waals surface area contributed by atoms with Crippen molar-refractivity contribution in [2.45, 2.75) is 58.1 Å². The summed E-state index contributed by atoms with van der Waals surface area (Å²) in [6.45, 7) is 9.06. The summed E-state index contributed by atoms with van der Waals surface area (Å²) >= 11 is 0. The lowest BCUT2D eigenvalue weighted by Gasteiger charge is -2.18. The number of carboxylic acids is 1. The molecule has 0 aliphatic heterocycles. The van der Waals surface area contributed by atoms with Crippen LogP contribution in [0, 0.1) is 5.92 Å². The highest BCUT2D eigenvalue weighted by molar-refractivity contribution is 8.77. The maximum Gasteiger partial charge on any atom is 0.303 e. The Morgan fingerprint density at radius 1 is 1.20 bits per heavy atom. The van der Waals surface area contributed by atoms with Crippen LogP contribution >= 0.6 is 21.6 Å². The summed E-state index contributed by atoms with van der Waals surface area (Å²) in [6.07, 6.45) is 2.58. The molecule has 0 saturated heterocycles. The molecule has 0 fully saturated rings. The summed E-state index contributed by atoms with van der Waals surface area (Å²) in [4.78, 5) is 22.1. The largest absolute Gasteiger partial charge is 0.481 e. The minimum Gasteiger partial charge on any atom is -0.481 e. The van der Waals surface area contributed by atoms with Crippen LogP contribution in [0.25, 0.3) is 0 Å². The summed E-state index contributed by atoms with van der Waals surface area (Å²) in [5.41, 5.74) is 0. The second-order valence-electron chi connectivity index (χ2n) is 5.88. The molecule has 4 nitrogen and oxygen atoms in total. The molecule has 0 aromatic heterocycles. The van der Waals surface area contributed by atoms with Crippen molar-refractivity contribution >= 4 is 33.5 Å². The molecule has 0 aromatic carbocycles. The summed E-state index contributed by atoms with van der Waals surface area (Å²) in [7, 11) is 3.54. The Bertz CT molecular complexity index is 303. The Labute approximate surface area is 130 Å².